The van der Waals surface area contributed by atoms with E-state index in [0.717, 1.165) is 23.2 Å². The van der Waals surface area contributed by atoms with Crippen molar-refractivity contribution in [3.05, 3.63) is 113 Å². The molecule has 0 N–H and O–H groups in total. The first-order valence-electron chi connectivity index (χ1n) is 11.5. The number of aromatic nitrogens is 4. The molecule has 0 saturated carbocycles. The van der Waals surface area contributed by atoms with Gasteiger partial charge in [-0.25, -0.2) is 0 Å². The molecule has 34 heavy (non-hydrogen) atoms. The van der Waals surface area contributed by atoms with Crippen LogP contribution in [0.2, 0.25) is 0 Å². The summed E-state index contributed by atoms with van der Waals surface area (Å²) >= 11 is 0. The lowest BCUT2D eigenvalue weighted by Crippen LogP contribution is -2.44. The van der Waals surface area contributed by atoms with Crippen molar-refractivity contribution >= 4 is 17.6 Å². The van der Waals surface area contributed by atoms with Crippen LogP contribution in [0.25, 0.3) is 5.70 Å². The highest BCUT2D eigenvalue weighted by atomic mass is 16.2. The van der Waals surface area contributed by atoms with E-state index in [1.807, 2.05) is 52.3 Å². The van der Waals surface area contributed by atoms with Crippen molar-refractivity contribution in [2.75, 3.05) is 18.0 Å². The van der Waals surface area contributed by atoms with Crippen molar-refractivity contribution in [2.45, 2.75) is 19.0 Å². The van der Waals surface area contributed by atoms with Crippen LogP contribution in [0.1, 0.15) is 28.3 Å². The predicted molar refractivity (Wildman–Crippen MR) is 130 cm³/mol. The minimum absolute atomic E-state index is 0.0593. The average Bonchev–Trinajstić information content (AvgIpc) is 3.40. The van der Waals surface area contributed by atoms with Gasteiger partial charge in [0.1, 0.15) is 12.6 Å². The Labute approximate surface area is 197 Å². The Balaban J connectivity index is 1.36. The molecule has 0 fully saturated rings. The van der Waals surface area contributed by atoms with Crippen LogP contribution in [0.5, 0.6) is 0 Å². The molecule has 2 aliphatic rings. The number of tetrazole rings is 1. The number of fused-ring (bicyclic) bond motifs is 2. The first kappa shape index (κ1) is 20.4. The lowest BCUT2D eigenvalue weighted by Gasteiger charge is -2.35. The van der Waals surface area contributed by atoms with E-state index < -0.39 is 0 Å². The highest BCUT2D eigenvalue weighted by Gasteiger charge is 2.33. The summed E-state index contributed by atoms with van der Waals surface area (Å²) in [7, 11) is 0. The second-order valence-electron chi connectivity index (χ2n) is 8.62. The standard InChI is InChI=1S/C27H24N6O/c34-26(31-16-15-20-9-7-8-14-23(20)18-31)19-32-24(21-10-3-1-4-11-21)17-25(22-12-5-2-6-13-22)33-27(32)28-29-30-33/h1-14,17,25H,15-16,18-19H2/t25-/m1/s1. The number of carbonyl (C=O) groups excluding carboxylic acids is 1. The molecule has 7 nitrogen and oxygen atoms in total. The number of rotatable bonds is 4. The molecule has 2 aliphatic heterocycles. The largest absolute Gasteiger partial charge is 0.336 e. The quantitative estimate of drug-likeness (QED) is 0.476. The Morgan fingerprint density at radius 1 is 0.882 bits per heavy atom. The van der Waals surface area contributed by atoms with Crippen molar-refractivity contribution in [1.82, 2.24) is 25.1 Å². The molecule has 6 rings (SSSR count). The molecule has 4 aromatic rings. The summed E-state index contributed by atoms with van der Waals surface area (Å²) in [6.45, 7) is 1.52. The summed E-state index contributed by atoms with van der Waals surface area (Å²) in [5, 5.41) is 12.6. The van der Waals surface area contributed by atoms with E-state index >= 15 is 0 Å². The molecule has 0 spiro atoms. The maximum atomic E-state index is 13.5. The topological polar surface area (TPSA) is 67.2 Å². The summed E-state index contributed by atoms with van der Waals surface area (Å²) < 4.78 is 1.79. The van der Waals surface area contributed by atoms with Gasteiger partial charge >= 0.3 is 0 Å². The zero-order valence-electron chi connectivity index (χ0n) is 18.7. The third-order valence-electron chi connectivity index (χ3n) is 6.57. The van der Waals surface area contributed by atoms with Gasteiger partial charge in [0.15, 0.2) is 0 Å². The zero-order chi connectivity index (χ0) is 22.9. The van der Waals surface area contributed by atoms with Crippen LogP contribution < -0.4 is 4.90 Å². The van der Waals surface area contributed by atoms with Crippen LogP contribution in [0.15, 0.2) is 91.0 Å². The Bertz CT molecular complexity index is 1350. The number of hydrogen-bond donors (Lipinski definition) is 0. The predicted octanol–water partition coefficient (Wildman–Crippen LogP) is 3.71. The minimum Gasteiger partial charge on any atom is -0.336 e. The van der Waals surface area contributed by atoms with Gasteiger partial charge in [0.2, 0.25) is 5.91 Å². The molecular formula is C27H24N6O. The first-order chi connectivity index (χ1) is 16.8. The van der Waals surface area contributed by atoms with Crippen LogP contribution in [0.4, 0.5) is 5.95 Å². The van der Waals surface area contributed by atoms with E-state index in [-0.39, 0.29) is 18.5 Å². The minimum atomic E-state index is -0.158. The number of allylic oxidation sites excluding steroid dienone is 1. The van der Waals surface area contributed by atoms with Crippen molar-refractivity contribution in [3.63, 3.8) is 0 Å². The molecule has 1 aromatic heterocycles. The molecule has 0 bridgehead atoms. The first-order valence-corrected chi connectivity index (χ1v) is 11.5. The fourth-order valence-electron chi connectivity index (χ4n) is 4.81. The van der Waals surface area contributed by atoms with Crippen molar-refractivity contribution in [2.24, 2.45) is 0 Å². The van der Waals surface area contributed by atoms with E-state index in [0.29, 0.717) is 19.0 Å². The summed E-state index contributed by atoms with van der Waals surface area (Å²) in [5.74, 6) is 0.630. The molecular weight excluding hydrogens is 424 g/mol. The maximum Gasteiger partial charge on any atom is 0.251 e. The van der Waals surface area contributed by atoms with E-state index in [1.54, 1.807) is 4.68 Å². The SMILES string of the molecule is O=C(CN1C(c2ccccc2)=C[C@H](c2ccccc2)n2nnnc21)N1CCc2ccccc2C1. The van der Waals surface area contributed by atoms with Crippen LogP contribution in [-0.2, 0) is 17.8 Å². The summed E-state index contributed by atoms with van der Waals surface area (Å²) in [6.07, 6.45) is 3.02. The van der Waals surface area contributed by atoms with E-state index in [4.69, 9.17) is 0 Å². The fourth-order valence-corrected chi connectivity index (χ4v) is 4.81. The highest BCUT2D eigenvalue weighted by Crippen LogP contribution is 2.36. The molecule has 1 atom stereocenters. The summed E-state index contributed by atoms with van der Waals surface area (Å²) in [5.41, 5.74) is 5.58. The van der Waals surface area contributed by atoms with E-state index in [2.05, 4.69) is 64.1 Å². The monoisotopic (exact) mass is 448 g/mol. The van der Waals surface area contributed by atoms with Crippen LogP contribution in [0, 0.1) is 0 Å². The second kappa shape index (κ2) is 8.59. The van der Waals surface area contributed by atoms with Gasteiger partial charge in [-0.15, -0.1) is 0 Å². The Morgan fingerprint density at radius 3 is 2.38 bits per heavy atom. The van der Waals surface area contributed by atoms with Gasteiger partial charge in [-0.2, -0.15) is 4.68 Å². The van der Waals surface area contributed by atoms with Gasteiger partial charge in [-0.05, 0) is 45.2 Å². The molecule has 0 saturated heterocycles. The molecule has 3 heterocycles. The normalized spacial score (nSPS) is 17.1. The number of amides is 1. The van der Waals surface area contributed by atoms with Gasteiger partial charge in [0.25, 0.3) is 5.95 Å². The van der Waals surface area contributed by atoms with Gasteiger partial charge in [0, 0.05) is 13.1 Å². The van der Waals surface area contributed by atoms with Crippen LogP contribution in [0.3, 0.4) is 0 Å². The Hall–Kier alpha value is -4.26. The van der Waals surface area contributed by atoms with Crippen LogP contribution in [-0.4, -0.2) is 44.1 Å². The van der Waals surface area contributed by atoms with E-state index in [1.165, 1.54) is 11.1 Å². The highest BCUT2D eigenvalue weighted by molar-refractivity contribution is 5.89. The van der Waals surface area contributed by atoms with Crippen molar-refractivity contribution < 1.29 is 4.79 Å². The number of carbonyl (C=O) groups is 1. The molecule has 1 amide bonds. The summed E-state index contributed by atoms with van der Waals surface area (Å²) in [6, 6.07) is 28.5. The maximum absolute atomic E-state index is 13.5. The Kier molecular flexibility index (Phi) is 5.14. The van der Waals surface area contributed by atoms with Gasteiger partial charge in [-0.1, -0.05) is 90.0 Å². The van der Waals surface area contributed by atoms with E-state index in [9.17, 15) is 4.79 Å². The van der Waals surface area contributed by atoms with Crippen molar-refractivity contribution in [3.8, 4) is 0 Å². The number of hydrogen-bond acceptors (Lipinski definition) is 5. The van der Waals surface area contributed by atoms with Gasteiger partial charge in [-0.3, -0.25) is 9.69 Å². The molecule has 168 valence electrons. The average molecular weight is 449 g/mol. The third kappa shape index (κ3) is 3.65. The molecule has 0 radical (unpaired) electrons. The second-order valence-corrected chi connectivity index (χ2v) is 8.62. The van der Waals surface area contributed by atoms with Crippen molar-refractivity contribution in [1.29, 1.82) is 0 Å². The lowest BCUT2D eigenvalue weighted by molar-refractivity contribution is -0.130. The van der Waals surface area contributed by atoms with Gasteiger partial charge < -0.3 is 4.90 Å². The zero-order valence-corrected chi connectivity index (χ0v) is 18.7. The fraction of sp³-hybridized carbons (Fsp3) is 0.185. The molecule has 7 heteroatoms. The summed E-state index contributed by atoms with van der Waals surface area (Å²) in [4.78, 5) is 17.4. The number of nitrogens with zero attached hydrogens (tertiary/aromatic N) is 6. The Morgan fingerprint density at radius 2 is 1.59 bits per heavy atom. The third-order valence-corrected chi connectivity index (χ3v) is 6.57. The number of anilines is 1. The van der Waals surface area contributed by atoms with Crippen LogP contribution >= 0.6 is 0 Å². The molecule has 0 unspecified atom stereocenters. The smallest absolute Gasteiger partial charge is 0.251 e. The van der Waals surface area contributed by atoms with Gasteiger partial charge in [0.05, 0.1) is 5.70 Å². The number of benzene rings is 3. The molecule has 0 aliphatic carbocycles. The lowest BCUT2D eigenvalue weighted by atomic mass is 9.99. The molecule has 3 aromatic carbocycles.